The molecule has 0 saturated heterocycles. The lowest BCUT2D eigenvalue weighted by Crippen LogP contribution is -2.35. The van der Waals surface area contributed by atoms with Crippen LogP contribution in [-0.4, -0.2) is 18.1 Å². The maximum Gasteiger partial charge on any atom is 0.104 e. The molecule has 0 aromatic heterocycles. The highest BCUT2D eigenvalue weighted by atomic mass is 35.5. The van der Waals surface area contributed by atoms with Crippen molar-refractivity contribution in [3.05, 3.63) is 28.8 Å². The zero-order valence-electron chi connectivity index (χ0n) is 11.5. The smallest absolute Gasteiger partial charge is 0.104 e. The molecule has 0 aliphatic heterocycles. The van der Waals surface area contributed by atoms with Crippen LogP contribution >= 0.6 is 23.8 Å². The molecule has 4 heteroatoms. The van der Waals surface area contributed by atoms with Gasteiger partial charge in [0.05, 0.1) is 10.7 Å². The van der Waals surface area contributed by atoms with Crippen molar-refractivity contribution in [1.29, 1.82) is 0 Å². The average molecular weight is 297 g/mol. The van der Waals surface area contributed by atoms with Crippen LogP contribution in [-0.2, 0) is 0 Å². The molecule has 1 aromatic rings. The number of hydrogen-bond acceptors (Lipinski definition) is 2. The Labute approximate surface area is 125 Å². The second kappa shape index (κ2) is 6.10. The number of halogens is 1. The summed E-state index contributed by atoms with van der Waals surface area (Å²) in [5, 5.41) is 0.728. The van der Waals surface area contributed by atoms with Crippen molar-refractivity contribution < 1.29 is 0 Å². The van der Waals surface area contributed by atoms with E-state index in [0.29, 0.717) is 11.0 Å². The summed E-state index contributed by atoms with van der Waals surface area (Å²) in [5.74, 6) is 0.858. The lowest BCUT2D eigenvalue weighted by molar-refractivity contribution is 0.341. The molecule has 1 aromatic carbocycles. The first-order chi connectivity index (χ1) is 8.99. The minimum absolute atomic E-state index is 0.391. The number of rotatable bonds is 3. The zero-order chi connectivity index (χ0) is 14.0. The number of nitrogens with zero attached hydrogens (tertiary/aromatic N) is 1. The lowest BCUT2D eigenvalue weighted by atomic mass is 9.86. The number of thiocarbonyl (C=S) groups is 1. The molecule has 2 rings (SSSR count). The summed E-state index contributed by atoms with van der Waals surface area (Å²) >= 11 is 11.3. The van der Waals surface area contributed by atoms with E-state index in [-0.39, 0.29) is 0 Å². The van der Waals surface area contributed by atoms with E-state index in [9.17, 15) is 0 Å². The van der Waals surface area contributed by atoms with Crippen LogP contribution < -0.4 is 10.6 Å². The molecule has 0 spiro atoms. The van der Waals surface area contributed by atoms with Gasteiger partial charge in [-0.3, -0.25) is 0 Å². The molecule has 0 bridgehead atoms. The van der Waals surface area contributed by atoms with E-state index >= 15 is 0 Å². The van der Waals surface area contributed by atoms with Gasteiger partial charge in [0.15, 0.2) is 0 Å². The van der Waals surface area contributed by atoms with E-state index in [1.165, 1.54) is 25.7 Å². The maximum absolute atomic E-state index is 6.36. The number of benzene rings is 1. The number of nitrogens with two attached hydrogens (primary N) is 1. The molecule has 1 aliphatic carbocycles. The number of anilines is 1. The standard InChI is InChI=1S/C15H21ClN2S/c1-10-3-6-12(7-4-10)18(2)14-8-5-11(15(17)19)9-13(14)16/h5,8-10,12H,3-4,6-7H2,1-2H3,(H2,17,19). The van der Waals surface area contributed by atoms with Gasteiger partial charge < -0.3 is 10.6 Å². The van der Waals surface area contributed by atoms with Crippen LogP contribution in [0.2, 0.25) is 5.02 Å². The first-order valence-electron chi connectivity index (χ1n) is 6.81. The van der Waals surface area contributed by atoms with Crippen LogP contribution in [0.3, 0.4) is 0 Å². The predicted molar refractivity (Wildman–Crippen MR) is 87.2 cm³/mol. The second-order valence-corrected chi connectivity index (χ2v) is 6.40. The molecule has 2 N–H and O–H groups in total. The topological polar surface area (TPSA) is 29.3 Å². The van der Waals surface area contributed by atoms with Crippen LogP contribution in [0.4, 0.5) is 5.69 Å². The molecule has 0 atom stereocenters. The van der Waals surface area contributed by atoms with Crippen molar-refractivity contribution in [2.24, 2.45) is 11.7 Å². The van der Waals surface area contributed by atoms with Gasteiger partial charge in [-0.15, -0.1) is 0 Å². The largest absolute Gasteiger partial charge is 0.389 e. The van der Waals surface area contributed by atoms with Gasteiger partial charge in [0.25, 0.3) is 0 Å². The molecule has 0 radical (unpaired) electrons. The Kier molecular flexibility index (Phi) is 4.69. The van der Waals surface area contributed by atoms with Gasteiger partial charge in [0, 0.05) is 18.7 Å². The SMILES string of the molecule is CC1CCC(N(C)c2ccc(C(N)=S)cc2Cl)CC1. The van der Waals surface area contributed by atoms with Gasteiger partial charge in [-0.2, -0.15) is 0 Å². The third-order valence-electron chi connectivity index (χ3n) is 4.15. The van der Waals surface area contributed by atoms with E-state index in [4.69, 9.17) is 29.6 Å². The van der Waals surface area contributed by atoms with E-state index < -0.39 is 0 Å². The highest BCUT2D eigenvalue weighted by molar-refractivity contribution is 7.80. The second-order valence-electron chi connectivity index (χ2n) is 5.56. The molecule has 0 heterocycles. The minimum Gasteiger partial charge on any atom is -0.389 e. The first-order valence-corrected chi connectivity index (χ1v) is 7.60. The van der Waals surface area contributed by atoms with Gasteiger partial charge in [-0.05, 0) is 49.8 Å². The van der Waals surface area contributed by atoms with E-state index in [1.807, 2.05) is 18.2 Å². The molecule has 0 amide bonds. The van der Waals surface area contributed by atoms with Crippen LogP contribution in [0.1, 0.15) is 38.2 Å². The summed E-state index contributed by atoms with van der Waals surface area (Å²) in [6.07, 6.45) is 5.09. The van der Waals surface area contributed by atoms with Crippen molar-refractivity contribution in [3.63, 3.8) is 0 Å². The molecular formula is C15H21ClN2S. The molecule has 0 unspecified atom stereocenters. The summed E-state index contributed by atoms with van der Waals surface area (Å²) in [6.45, 7) is 2.33. The Morgan fingerprint density at radius 1 is 1.32 bits per heavy atom. The van der Waals surface area contributed by atoms with Crippen LogP contribution in [0, 0.1) is 5.92 Å². The molecule has 1 fully saturated rings. The van der Waals surface area contributed by atoms with Gasteiger partial charge in [-0.1, -0.05) is 30.7 Å². The minimum atomic E-state index is 0.391. The Bertz CT molecular complexity index is 467. The Morgan fingerprint density at radius 3 is 2.47 bits per heavy atom. The normalized spacial score (nSPS) is 23.1. The first kappa shape index (κ1) is 14.6. The third-order valence-corrected chi connectivity index (χ3v) is 4.68. The van der Waals surface area contributed by atoms with Crippen LogP contribution in [0.15, 0.2) is 18.2 Å². The number of hydrogen-bond donors (Lipinski definition) is 1. The molecule has 1 saturated carbocycles. The summed E-state index contributed by atoms with van der Waals surface area (Å²) in [5.41, 5.74) is 7.52. The fourth-order valence-electron chi connectivity index (χ4n) is 2.77. The Hall–Kier alpha value is -0.800. The van der Waals surface area contributed by atoms with Gasteiger partial charge in [0.1, 0.15) is 4.99 Å². The molecule has 1 aliphatic rings. The summed E-state index contributed by atoms with van der Waals surface area (Å²) in [4.78, 5) is 2.69. The molecular weight excluding hydrogens is 276 g/mol. The molecule has 104 valence electrons. The van der Waals surface area contributed by atoms with Gasteiger partial charge in [0.2, 0.25) is 0 Å². The summed E-state index contributed by atoms with van der Waals surface area (Å²) < 4.78 is 0. The van der Waals surface area contributed by atoms with Crippen LogP contribution in [0.25, 0.3) is 0 Å². The molecule has 2 nitrogen and oxygen atoms in total. The fraction of sp³-hybridized carbons (Fsp3) is 0.533. The highest BCUT2D eigenvalue weighted by Crippen LogP contribution is 2.33. The zero-order valence-corrected chi connectivity index (χ0v) is 13.1. The van der Waals surface area contributed by atoms with Crippen molar-refractivity contribution in [2.45, 2.75) is 38.6 Å². The summed E-state index contributed by atoms with van der Waals surface area (Å²) in [7, 11) is 2.13. The Balaban J connectivity index is 2.15. The van der Waals surface area contributed by atoms with Crippen molar-refractivity contribution in [1.82, 2.24) is 0 Å². The monoisotopic (exact) mass is 296 g/mol. The molecule has 19 heavy (non-hydrogen) atoms. The lowest BCUT2D eigenvalue weighted by Gasteiger charge is -2.35. The van der Waals surface area contributed by atoms with Crippen molar-refractivity contribution in [3.8, 4) is 0 Å². The fourth-order valence-corrected chi connectivity index (χ4v) is 3.21. The third kappa shape index (κ3) is 3.40. The van der Waals surface area contributed by atoms with Gasteiger partial charge in [-0.25, -0.2) is 0 Å². The van der Waals surface area contributed by atoms with E-state index in [2.05, 4.69) is 18.9 Å². The predicted octanol–water partition coefficient (Wildman–Crippen LogP) is 3.99. The van der Waals surface area contributed by atoms with Crippen molar-refractivity contribution >= 4 is 34.5 Å². The maximum atomic E-state index is 6.36. The summed E-state index contributed by atoms with van der Waals surface area (Å²) in [6, 6.07) is 6.42. The van der Waals surface area contributed by atoms with Crippen LogP contribution in [0.5, 0.6) is 0 Å². The Morgan fingerprint density at radius 2 is 1.95 bits per heavy atom. The van der Waals surface area contributed by atoms with E-state index in [1.54, 1.807) is 0 Å². The van der Waals surface area contributed by atoms with Gasteiger partial charge >= 0.3 is 0 Å². The van der Waals surface area contributed by atoms with E-state index in [0.717, 1.165) is 22.2 Å². The quantitative estimate of drug-likeness (QED) is 0.855. The highest BCUT2D eigenvalue weighted by Gasteiger charge is 2.23. The average Bonchev–Trinajstić information content (AvgIpc) is 2.38. The van der Waals surface area contributed by atoms with Crippen molar-refractivity contribution in [2.75, 3.05) is 11.9 Å².